The van der Waals surface area contributed by atoms with E-state index in [9.17, 15) is 4.79 Å². The zero-order valence-electron chi connectivity index (χ0n) is 9.52. The van der Waals surface area contributed by atoms with E-state index in [0.29, 0.717) is 10.8 Å². The monoisotopic (exact) mass is 248 g/mol. The molecule has 0 unspecified atom stereocenters. The second kappa shape index (κ2) is 4.92. The molecule has 0 spiro atoms. The number of aromatic nitrogens is 2. The van der Waals surface area contributed by atoms with Gasteiger partial charge in [0.1, 0.15) is 5.69 Å². The van der Waals surface area contributed by atoms with Crippen LogP contribution in [0.5, 0.6) is 0 Å². The number of hydrogen-bond donors (Lipinski definition) is 2. The van der Waals surface area contributed by atoms with Gasteiger partial charge in [-0.1, -0.05) is 0 Å². The fourth-order valence-corrected chi connectivity index (χ4v) is 1.91. The minimum Gasteiger partial charge on any atom is -0.387 e. The Balaban J connectivity index is 2.09. The third-order valence-electron chi connectivity index (χ3n) is 2.13. The van der Waals surface area contributed by atoms with Crippen LogP contribution in [0.3, 0.4) is 0 Å². The molecular formula is C11H12N4OS. The van der Waals surface area contributed by atoms with E-state index in [1.807, 2.05) is 6.92 Å². The molecule has 0 saturated heterocycles. The molecule has 2 aromatic rings. The van der Waals surface area contributed by atoms with Gasteiger partial charge in [0.25, 0.3) is 5.91 Å². The summed E-state index contributed by atoms with van der Waals surface area (Å²) in [4.78, 5) is 21.0. The van der Waals surface area contributed by atoms with Gasteiger partial charge in [-0.25, -0.2) is 9.97 Å². The van der Waals surface area contributed by atoms with Crippen LogP contribution in [0.2, 0.25) is 0 Å². The largest absolute Gasteiger partial charge is 0.387 e. The van der Waals surface area contributed by atoms with Crippen LogP contribution in [0, 0.1) is 6.92 Å². The van der Waals surface area contributed by atoms with Gasteiger partial charge in [0, 0.05) is 18.1 Å². The van der Waals surface area contributed by atoms with E-state index in [1.54, 1.807) is 31.6 Å². The summed E-state index contributed by atoms with van der Waals surface area (Å²) in [6, 6.07) is 3.47. The summed E-state index contributed by atoms with van der Waals surface area (Å²) in [7, 11) is 1.80. The Kier molecular flexibility index (Phi) is 3.34. The molecule has 0 radical (unpaired) electrons. The smallest absolute Gasteiger partial charge is 0.276 e. The summed E-state index contributed by atoms with van der Waals surface area (Å²) in [5.41, 5.74) is 1.24. The maximum absolute atomic E-state index is 11.8. The first kappa shape index (κ1) is 11.5. The van der Waals surface area contributed by atoms with Gasteiger partial charge >= 0.3 is 0 Å². The third-order valence-corrected chi connectivity index (χ3v) is 2.95. The van der Waals surface area contributed by atoms with Crippen LogP contribution in [0.1, 0.15) is 15.4 Å². The van der Waals surface area contributed by atoms with Crippen LogP contribution in [0.15, 0.2) is 24.5 Å². The van der Waals surface area contributed by atoms with E-state index < -0.39 is 0 Å². The molecule has 0 aliphatic carbocycles. The normalized spacial score (nSPS) is 10.0. The fraction of sp³-hybridized carbons (Fsp3) is 0.182. The zero-order chi connectivity index (χ0) is 12.3. The quantitative estimate of drug-likeness (QED) is 0.873. The number of amides is 1. The second-order valence-electron chi connectivity index (χ2n) is 3.41. The number of thiazole rings is 1. The molecule has 2 rings (SSSR count). The van der Waals surface area contributed by atoms with Gasteiger partial charge in [0.05, 0.1) is 11.9 Å². The van der Waals surface area contributed by atoms with Crippen molar-refractivity contribution in [2.24, 2.45) is 0 Å². The highest BCUT2D eigenvalue weighted by atomic mass is 32.1. The van der Waals surface area contributed by atoms with E-state index in [1.165, 1.54) is 11.3 Å². The number of carbonyl (C=O) groups excluding carboxylic acids is 1. The number of anilines is 2. The van der Waals surface area contributed by atoms with E-state index in [2.05, 4.69) is 20.6 Å². The van der Waals surface area contributed by atoms with E-state index in [0.717, 1.165) is 10.6 Å². The van der Waals surface area contributed by atoms with Gasteiger partial charge in [0.15, 0.2) is 5.13 Å². The molecule has 0 fully saturated rings. The maximum atomic E-state index is 11.8. The first-order chi connectivity index (χ1) is 8.19. The van der Waals surface area contributed by atoms with Crippen LogP contribution in [-0.4, -0.2) is 22.9 Å². The van der Waals surface area contributed by atoms with E-state index in [4.69, 9.17) is 0 Å². The van der Waals surface area contributed by atoms with E-state index in [-0.39, 0.29) is 5.91 Å². The highest BCUT2D eigenvalue weighted by Gasteiger charge is 2.09. The number of aryl methyl sites for hydroxylation is 1. The molecular weight excluding hydrogens is 236 g/mol. The fourth-order valence-electron chi connectivity index (χ4n) is 1.25. The Bertz CT molecular complexity index is 521. The van der Waals surface area contributed by atoms with Gasteiger partial charge in [-0.3, -0.25) is 10.1 Å². The topological polar surface area (TPSA) is 66.9 Å². The molecule has 1 amide bonds. The van der Waals surface area contributed by atoms with Crippen molar-refractivity contribution in [2.45, 2.75) is 6.92 Å². The lowest BCUT2D eigenvalue weighted by Crippen LogP contribution is -2.13. The summed E-state index contributed by atoms with van der Waals surface area (Å²) in [6.45, 7) is 1.94. The van der Waals surface area contributed by atoms with E-state index >= 15 is 0 Å². The number of nitrogens with one attached hydrogen (secondary N) is 2. The summed E-state index contributed by atoms with van der Waals surface area (Å²) in [5, 5.41) is 6.23. The van der Waals surface area contributed by atoms with Gasteiger partial charge in [-0.2, -0.15) is 0 Å². The highest BCUT2D eigenvalue weighted by molar-refractivity contribution is 7.15. The van der Waals surface area contributed by atoms with Crippen molar-refractivity contribution in [2.75, 3.05) is 17.7 Å². The Labute approximate surface area is 103 Å². The summed E-state index contributed by atoms with van der Waals surface area (Å²) in [6.07, 6.45) is 3.33. The standard InChI is InChI=1S/C11H12N4OS/c1-7-5-14-11(17-7)15-10(16)9-4-3-8(12-2)6-13-9/h3-6,12H,1-2H3,(H,14,15,16). The minimum atomic E-state index is -0.248. The molecule has 0 saturated carbocycles. The van der Waals surface area contributed by atoms with Crippen molar-refractivity contribution in [1.29, 1.82) is 0 Å². The van der Waals surface area contributed by atoms with Crippen LogP contribution < -0.4 is 10.6 Å². The molecule has 5 nitrogen and oxygen atoms in total. The lowest BCUT2D eigenvalue weighted by Gasteiger charge is -2.02. The van der Waals surface area contributed by atoms with Gasteiger partial charge in [-0.15, -0.1) is 11.3 Å². The molecule has 0 bridgehead atoms. The molecule has 2 N–H and O–H groups in total. The molecule has 0 atom stereocenters. The summed E-state index contributed by atoms with van der Waals surface area (Å²) >= 11 is 1.44. The molecule has 88 valence electrons. The maximum Gasteiger partial charge on any atom is 0.276 e. The molecule has 2 aromatic heterocycles. The molecule has 0 aliphatic heterocycles. The highest BCUT2D eigenvalue weighted by Crippen LogP contribution is 2.17. The Hall–Kier alpha value is -1.95. The van der Waals surface area contributed by atoms with Crippen molar-refractivity contribution in [1.82, 2.24) is 9.97 Å². The molecule has 17 heavy (non-hydrogen) atoms. The molecule has 2 heterocycles. The Morgan fingerprint density at radius 1 is 1.29 bits per heavy atom. The zero-order valence-corrected chi connectivity index (χ0v) is 10.3. The number of nitrogens with zero attached hydrogens (tertiary/aromatic N) is 2. The Morgan fingerprint density at radius 3 is 2.65 bits per heavy atom. The van der Waals surface area contributed by atoms with Gasteiger partial charge in [0.2, 0.25) is 0 Å². The van der Waals surface area contributed by atoms with Gasteiger partial charge < -0.3 is 5.32 Å². The van der Waals surface area contributed by atoms with Crippen molar-refractivity contribution < 1.29 is 4.79 Å². The van der Waals surface area contributed by atoms with Gasteiger partial charge in [-0.05, 0) is 19.1 Å². The predicted octanol–water partition coefficient (Wildman–Crippen LogP) is 2.14. The second-order valence-corrected chi connectivity index (χ2v) is 4.65. The van der Waals surface area contributed by atoms with Crippen molar-refractivity contribution in [3.05, 3.63) is 35.1 Å². The SMILES string of the molecule is CNc1ccc(C(=O)Nc2ncc(C)s2)nc1. The average molecular weight is 248 g/mol. The lowest BCUT2D eigenvalue weighted by molar-refractivity contribution is 0.102. The number of carbonyl (C=O) groups is 1. The predicted molar refractivity (Wildman–Crippen MR) is 68.6 cm³/mol. The first-order valence-corrected chi connectivity index (χ1v) is 5.88. The number of rotatable bonds is 3. The Morgan fingerprint density at radius 2 is 2.12 bits per heavy atom. The van der Waals surface area contributed by atoms with Crippen molar-refractivity contribution in [3.63, 3.8) is 0 Å². The number of pyridine rings is 1. The third kappa shape index (κ3) is 2.79. The molecule has 0 aliphatic rings. The van der Waals surface area contributed by atoms with Crippen LogP contribution in [-0.2, 0) is 0 Å². The van der Waals surface area contributed by atoms with Crippen LogP contribution in [0.4, 0.5) is 10.8 Å². The van der Waals surface area contributed by atoms with Crippen LogP contribution in [0.25, 0.3) is 0 Å². The average Bonchev–Trinajstić information content (AvgIpc) is 2.75. The molecule has 6 heteroatoms. The number of hydrogen-bond acceptors (Lipinski definition) is 5. The first-order valence-electron chi connectivity index (χ1n) is 5.06. The minimum absolute atomic E-state index is 0.248. The van der Waals surface area contributed by atoms with Crippen molar-refractivity contribution >= 4 is 28.1 Å². The summed E-state index contributed by atoms with van der Waals surface area (Å²) in [5.74, 6) is -0.248. The van der Waals surface area contributed by atoms with Crippen molar-refractivity contribution in [3.8, 4) is 0 Å². The van der Waals surface area contributed by atoms with Crippen LogP contribution >= 0.6 is 11.3 Å². The lowest BCUT2D eigenvalue weighted by atomic mass is 10.3. The molecule has 0 aromatic carbocycles. The summed E-state index contributed by atoms with van der Waals surface area (Å²) < 4.78 is 0.